The molecule has 0 aliphatic carbocycles. The van der Waals surface area contributed by atoms with Gasteiger partial charge in [0, 0.05) is 37.3 Å². The van der Waals surface area contributed by atoms with Gasteiger partial charge in [0.15, 0.2) is 0 Å². The second kappa shape index (κ2) is 7.62. The molecule has 1 aromatic heterocycles. The molecule has 0 spiro atoms. The molecule has 1 saturated heterocycles. The van der Waals surface area contributed by atoms with E-state index in [1.54, 1.807) is 47.8 Å². The van der Waals surface area contributed by atoms with Gasteiger partial charge in [-0.3, -0.25) is 9.59 Å². The molecule has 1 aliphatic rings. The van der Waals surface area contributed by atoms with Gasteiger partial charge in [-0.2, -0.15) is 0 Å². The number of aryl methyl sites for hydroxylation is 2. The number of carbonyl (C=O) groups is 2. The van der Waals surface area contributed by atoms with E-state index in [9.17, 15) is 14.0 Å². The van der Waals surface area contributed by atoms with Gasteiger partial charge in [-0.15, -0.1) is 5.10 Å². The maximum atomic E-state index is 13.7. The summed E-state index contributed by atoms with van der Waals surface area (Å²) >= 11 is 0. The molecule has 2 amide bonds. The van der Waals surface area contributed by atoms with Crippen LogP contribution >= 0.6 is 0 Å². The fourth-order valence-electron chi connectivity index (χ4n) is 3.62. The molecule has 3 aromatic rings. The molecule has 0 atom stereocenters. The minimum atomic E-state index is -0.344. The first-order valence-corrected chi connectivity index (χ1v) is 9.58. The van der Waals surface area contributed by atoms with Gasteiger partial charge < -0.3 is 10.2 Å². The maximum Gasteiger partial charge on any atom is 0.253 e. The molecule has 29 heavy (non-hydrogen) atoms. The summed E-state index contributed by atoms with van der Waals surface area (Å²) in [7, 11) is 1.80. The van der Waals surface area contributed by atoms with Gasteiger partial charge in [0.25, 0.3) is 5.91 Å². The van der Waals surface area contributed by atoms with E-state index in [1.807, 2.05) is 6.07 Å². The zero-order valence-electron chi connectivity index (χ0n) is 16.4. The number of aromatic nitrogens is 3. The Hall–Kier alpha value is -3.29. The second-order valence-electron chi connectivity index (χ2n) is 7.44. The summed E-state index contributed by atoms with van der Waals surface area (Å²) < 4.78 is 15.3. The lowest BCUT2D eigenvalue weighted by molar-refractivity contribution is -0.121. The smallest absolute Gasteiger partial charge is 0.253 e. The predicted molar refractivity (Wildman–Crippen MR) is 107 cm³/mol. The van der Waals surface area contributed by atoms with Crippen molar-refractivity contribution in [2.75, 3.05) is 18.4 Å². The number of carbonyl (C=O) groups excluding carboxylic acids is 2. The van der Waals surface area contributed by atoms with Crippen molar-refractivity contribution in [2.24, 2.45) is 13.0 Å². The van der Waals surface area contributed by atoms with E-state index in [2.05, 4.69) is 15.6 Å². The average Bonchev–Trinajstić information content (AvgIpc) is 3.10. The average molecular weight is 395 g/mol. The molecule has 150 valence electrons. The van der Waals surface area contributed by atoms with Gasteiger partial charge in [-0.25, -0.2) is 9.07 Å². The summed E-state index contributed by atoms with van der Waals surface area (Å²) in [6.45, 7) is 2.67. The summed E-state index contributed by atoms with van der Waals surface area (Å²) in [4.78, 5) is 27.1. The third-order valence-corrected chi connectivity index (χ3v) is 5.45. The standard InChI is InChI=1S/C21H22FN5O2/c1-13-3-5-16(12-17(13)22)23-20(28)14-7-9-27(10-8-14)21(29)15-4-6-19-18(11-15)24-25-26(19)2/h3-6,11-12,14H,7-10H2,1-2H3,(H,23,28). The molecule has 8 heteroatoms. The third-order valence-electron chi connectivity index (χ3n) is 5.45. The number of benzene rings is 2. The fourth-order valence-corrected chi connectivity index (χ4v) is 3.62. The topological polar surface area (TPSA) is 80.1 Å². The zero-order chi connectivity index (χ0) is 20.5. The summed E-state index contributed by atoms with van der Waals surface area (Å²) in [5, 5.41) is 10.8. The van der Waals surface area contributed by atoms with Crippen LogP contribution in [-0.2, 0) is 11.8 Å². The van der Waals surface area contributed by atoms with E-state index in [-0.39, 0.29) is 23.5 Å². The predicted octanol–water partition coefficient (Wildman–Crippen LogP) is 2.91. The SMILES string of the molecule is Cc1ccc(NC(=O)C2CCN(C(=O)c3ccc4c(c3)nnn4C)CC2)cc1F. The van der Waals surface area contributed by atoms with Crippen LogP contribution in [-0.4, -0.2) is 44.8 Å². The highest BCUT2D eigenvalue weighted by atomic mass is 19.1. The lowest BCUT2D eigenvalue weighted by Crippen LogP contribution is -2.41. The molecule has 2 aromatic carbocycles. The van der Waals surface area contributed by atoms with E-state index in [0.29, 0.717) is 48.3 Å². The number of rotatable bonds is 3. The Kier molecular flexibility index (Phi) is 5.00. The molecular formula is C21H22FN5O2. The van der Waals surface area contributed by atoms with Crippen LogP contribution in [0.15, 0.2) is 36.4 Å². The molecule has 1 N–H and O–H groups in total. The summed E-state index contributed by atoms with van der Waals surface area (Å²) in [6.07, 6.45) is 1.14. The van der Waals surface area contributed by atoms with Crippen molar-refractivity contribution < 1.29 is 14.0 Å². The van der Waals surface area contributed by atoms with Gasteiger partial charge >= 0.3 is 0 Å². The number of nitrogens with one attached hydrogen (secondary N) is 1. The highest BCUT2D eigenvalue weighted by Gasteiger charge is 2.28. The highest BCUT2D eigenvalue weighted by Crippen LogP contribution is 2.23. The first kappa shape index (κ1) is 19.0. The first-order valence-electron chi connectivity index (χ1n) is 9.58. The lowest BCUT2D eigenvalue weighted by Gasteiger charge is -2.31. The summed E-state index contributed by atoms with van der Waals surface area (Å²) in [6, 6.07) is 10.0. The number of fused-ring (bicyclic) bond motifs is 1. The van der Waals surface area contributed by atoms with Crippen molar-refractivity contribution in [2.45, 2.75) is 19.8 Å². The van der Waals surface area contributed by atoms with Crippen LogP contribution < -0.4 is 5.32 Å². The molecule has 7 nitrogen and oxygen atoms in total. The minimum Gasteiger partial charge on any atom is -0.339 e. The number of hydrogen-bond acceptors (Lipinski definition) is 4. The van der Waals surface area contributed by atoms with Crippen LogP contribution in [0, 0.1) is 18.7 Å². The van der Waals surface area contributed by atoms with Gasteiger partial charge in [-0.05, 0) is 55.7 Å². The van der Waals surface area contributed by atoms with Gasteiger partial charge in [0.1, 0.15) is 11.3 Å². The van der Waals surface area contributed by atoms with E-state index >= 15 is 0 Å². The number of likely N-dealkylation sites (tertiary alicyclic amines) is 1. The van der Waals surface area contributed by atoms with Crippen molar-refractivity contribution >= 4 is 28.5 Å². The molecule has 0 bridgehead atoms. The van der Waals surface area contributed by atoms with Crippen molar-refractivity contribution in [1.82, 2.24) is 19.9 Å². The van der Waals surface area contributed by atoms with Crippen molar-refractivity contribution in [3.63, 3.8) is 0 Å². The van der Waals surface area contributed by atoms with Crippen LogP contribution in [0.4, 0.5) is 10.1 Å². The number of halogens is 1. The number of hydrogen-bond donors (Lipinski definition) is 1. The quantitative estimate of drug-likeness (QED) is 0.740. The third kappa shape index (κ3) is 3.83. The number of anilines is 1. The van der Waals surface area contributed by atoms with Crippen LogP contribution in [0.25, 0.3) is 11.0 Å². The van der Waals surface area contributed by atoms with Crippen LogP contribution in [0.1, 0.15) is 28.8 Å². The Morgan fingerprint density at radius 2 is 1.90 bits per heavy atom. The van der Waals surface area contributed by atoms with Crippen molar-refractivity contribution in [1.29, 1.82) is 0 Å². The van der Waals surface area contributed by atoms with E-state index < -0.39 is 0 Å². The number of piperidine rings is 1. The number of amides is 2. The van der Waals surface area contributed by atoms with Crippen molar-refractivity contribution in [3.8, 4) is 0 Å². The number of nitrogens with zero attached hydrogens (tertiary/aromatic N) is 4. The molecule has 1 fully saturated rings. The van der Waals surface area contributed by atoms with E-state index in [4.69, 9.17) is 0 Å². The monoisotopic (exact) mass is 395 g/mol. The molecule has 2 heterocycles. The molecular weight excluding hydrogens is 373 g/mol. The lowest BCUT2D eigenvalue weighted by atomic mass is 9.95. The summed E-state index contributed by atoms with van der Waals surface area (Å²) in [5.41, 5.74) is 3.10. The Bertz CT molecular complexity index is 1090. The van der Waals surface area contributed by atoms with E-state index in [1.165, 1.54) is 6.07 Å². The largest absolute Gasteiger partial charge is 0.339 e. The molecule has 0 radical (unpaired) electrons. The van der Waals surface area contributed by atoms with Crippen LogP contribution in [0.3, 0.4) is 0 Å². The Morgan fingerprint density at radius 3 is 2.62 bits per heavy atom. The minimum absolute atomic E-state index is 0.0722. The molecule has 1 aliphatic heterocycles. The van der Waals surface area contributed by atoms with Gasteiger partial charge in [0.2, 0.25) is 5.91 Å². The van der Waals surface area contributed by atoms with Gasteiger partial charge in [0.05, 0.1) is 5.52 Å². The normalized spacial score (nSPS) is 14.9. The Labute approximate surface area is 167 Å². The van der Waals surface area contributed by atoms with Crippen molar-refractivity contribution in [3.05, 3.63) is 53.3 Å². The van der Waals surface area contributed by atoms with Gasteiger partial charge in [-0.1, -0.05) is 11.3 Å². The summed E-state index contributed by atoms with van der Waals surface area (Å²) in [5.74, 6) is -0.757. The molecule has 4 rings (SSSR count). The van der Waals surface area contributed by atoms with E-state index in [0.717, 1.165) is 5.52 Å². The van der Waals surface area contributed by atoms with Crippen LogP contribution in [0.5, 0.6) is 0 Å². The molecule has 0 unspecified atom stereocenters. The van der Waals surface area contributed by atoms with Crippen LogP contribution in [0.2, 0.25) is 0 Å². The highest BCUT2D eigenvalue weighted by molar-refractivity contribution is 5.97. The molecule has 0 saturated carbocycles. The second-order valence-corrected chi connectivity index (χ2v) is 7.44. The maximum absolute atomic E-state index is 13.7. The Balaban J connectivity index is 1.37. The zero-order valence-corrected chi connectivity index (χ0v) is 16.4. The Morgan fingerprint density at radius 1 is 1.14 bits per heavy atom. The first-order chi connectivity index (χ1) is 13.9. The fraction of sp³-hybridized carbons (Fsp3) is 0.333.